The summed E-state index contributed by atoms with van der Waals surface area (Å²) < 4.78 is 0. The third-order valence-corrected chi connectivity index (χ3v) is 2.78. The van der Waals surface area contributed by atoms with Crippen molar-refractivity contribution in [1.29, 1.82) is 0 Å². The van der Waals surface area contributed by atoms with Gasteiger partial charge >= 0.3 is 0 Å². The molecule has 1 amide bonds. The van der Waals surface area contributed by atoms with E-state index in [0.717, 1.165) is 10.9 Å². The maximum absolute atomic E-state index is 11.5. The smallest absolute Gasteiger partial charge is 0.224 e. The molecule has 3 heteroatoms. The topological polar surface area (TPSA) is 29.1 Å². The van der Waals surface area contributed by atoms with Crippen molar-refractivity contribution >= 4 is 28.3 Å². The molecule has 17 heavy (non-hydrogen) atoms. The number of benzene rings is 2. The van der Waals surface area contributed by atoms with Crippen LogP contribution in [0.15, 0.2) is 42.5 Å². The molecule has 2 nitrogen and oxygen atoms in total. The molecular weight excluding hydrogens is 234 g/mol. The van der Waals surface area contributed by atoms with Crippen LogP contribution < -0.4 is 5.32 Å². The normalized spacial score (nSPS) is 10.4. The van der Waals surface area contributed by atoms with Crippen LogP contribution in [0.25, 0.3) is 10.8 Å². The van der Waals surface area contributed by atoms with E-state index in [1.165, 1.54) is 5.39 Å². The molecule has 0 radical (unpaired) electrons. The molecule has 0 heterocycles. The van der Waals surface area contributed by atoms with E-state index >= 15 is 0 Å². The van der Waals surface area contributed by atoms with Gasteiger partial charge in [0.05, 0.1) is 6.42 Å². The lowest BCUT2D eigenvalue weighted by molar-refractivity contribution is -0.120. The lowest BCUT2D eigenvalue weighted by Crippen LogP contribution is -2.26. The molecule has 0 spiro atoms. The van der Waals surface area contributed by atoms with E-state index in [1.54, 1.807) is 0 Å². The Kier molecular flexibility index (Phi) is 3.99. The number of hydrogen-bond donors (Lipinski definition) is 1. The minimum Gasteiger partial charge on any atom is -0.355 e. The van der Waals surface area contributed by atoms with E-state index in [9.17, 15) is 4.79 Å². The molecule has 0 atom stereocenters. The molecule has 0 fully saturated rings. The molecule has 2 aromatic rings. The Morgan fingerprint density at radius 3 is 2.65 bits per heavy atom. The van der Waals surface area contributed by atoms with Gasteiger partial charge in [-0.3, -0.25) is 4.79 Å². The number of carbonyl (C=O) groups excluding carboxylic acids is 1. The summed E-state index contributed by atoms with van der Waals surface area (Å²) in [5.74, 6) is 0.463. The number of fused-ring (bicyclic) bond motifs is 1. The zero-order valence-corrected chi connectivity index (χ0v) is 10.2. The highest BCUT2D eigenvalue weighted by Crippen LogP contribution is 2.15. The summed E-state index contributed by atoms with van der Waals surface area (Å²) in [5.41, 5.74) is 1.02. The van der Waals surface area contributed by atoms with Crippen molar-refractivity contribution in [1.82, 2.24) is 5.32 Å². The fourth-order valence-electron chi connectivity index (χ4n) is 1.78. The van der Waals surface area contributed by atoms with Crippen LogP contribution in [0.3, 0.4) is 0 Å². The predicted molar refractivity (Wildman–Crippen MR) is 71.4 cm³/mol. The van der Waals surface area contributed by atoms with Crippen molar-refractivity contribution in [3.8, 4) is 0 Å². The Hall–Kier alpha value is -1.54. The Morgan fingerprint density at radius 1 is 1.12 bits per heavy atom. The first-order valence-electron chi connectivity index (χ1n) is 5.60. The fourth-order valence-corrected chi connectivity index (χ4v) is 1.88. The van der Waals surface area contributed by atoms with Gasteiger partial charge in [0.2, 0.25) is 5.91 Å². The van der Waals surface area contributed by atoms with E-state index in [2.05, 4.69) is 23.5 Å². The number of nitrogens with one attached hydrogen (secondary N) is 1. The maximum atomic E-state index is 11.5. The number of halogens is 1. The molecule has 2 aromatic carbocycles. The second-order valence-corrected chi connectivity index (χ2v) is 4.28. The highest BCUT2D eigenvalue weighted by Gasteiger charge is 2.03. The summed E-state index contributed by atoms with van der Waals surface area (Å²) in [6.07, 6.45) is 0.404. The summed E-state index contributed by atoms with van der Waals surface area (Å²) in [6.45, 7) is 0.522. The first kappa shape index (κ1) is 11.9. The van der Waals surface area contributed by atoms with Crippen LogP contribution in [0, 0.1) is 0 Å². The van der Waals surface area contributed by atoms with Gasteiger partial charge in [-0.2, -0.15) is 0 Å². The number of hydrogen-bond acceptors (Lipinski definition) is 1. The second kappa shape index (κ2) is 5.69. The zero-order valence-electron chi connectivity index (χ0n) is 9.45. The molecule has 1 N–H and O–H groups in total. The average molecular weight is 248 g/mol. The van der Waals surface area contributed by atoms with Crippen LogP contribution in [0.5, 0.6) is 0 Å². The highest BCUT2D eigenvalue weighted by molar-refractivity contribution is 6.18. The van der Waals surface area contributed by atoms with E-state index in [4.69, 9.17) is 11.6 Å². The lowest BCUT2D eigenvalue weighted by atomic mass is 10.1. The van der Waals surface area contributed by atoms with Crippen LogP contribution in [-0.2, 0) is 11.2 Å². The molecule has 0 saturated carbocycles. The maximum Gasteiger partial charge on any atom is 0.224 e. The minimum atomic E-state index is 0.0148. The Balaban J connectivity index is 2.11. The fraction of sp³-hybridized carbons (Fsp3) is 0.214. The van der Waals surface area contributed by atoms with E-state index in [0.29, 0.717) is 18.8 Å². The van der Waals surface area contributed by atoms with Crippen LogP contribution >= 0.6 is 11.6 Å². The molecule has 0 bridgehead atoms. The summed E-state index contributed by atoms with van der Waals surface area (Å²) in [6, 6.07) is 14.2. The molecule has 0 unspecified atom stereocenters. The van der Waals surface area contributed by atoms with Crippen molar-refractivity contribution in [3.63, 3.8) is 0 Å². The Labute approximate surface area is 106 Å². The van der Waals surface area contributed by atoms with Gasteiger partial charge in [-0.05, 0) is 16.3 Å². The van der Waals surface area contributed by atoms with Gasteiger partial charge in [-0.1, -0.05) is 42.5 Å². The molecule has 0 saturated heterocycles. The van der Waals surface area contributed by atoms with Crippen LogP contribution in [0.1, 0.15) is 5.56 Å². The Bertz CT molecular complexity index is 524. The first-order chi connectivity index (χ1) is 8.29. The van der Waals surface area contributed by atoms with Crippen LogP contribution in [0.2, 0.25) is 0 Å². The zero-order chi connectivity index (χ0) is 12.1. The standard InChI is InChI=1S/C14H14ClNO/c15-7-8-16-14(17)10-11-5-6-12-3-1-2-4-13(12)9-11/h1-6,9H,7-8,10H2,(H,16,17). The number of alkyl halides is 1. The van der Waals surface area contributed by atoms with Crippen molar-refractivity contribution in [2.24, 2.45) is 0 Å². The number of carbonyl (C=O) groups is 1. The van der Waals surface area contributed by atoms with Gasteiger partial charge in [-0.15, -0.1) is 11.6 Å². The van der Waals surface area contributed by atoms with Gasteiger partial charge in [0.25, 0.3) is 0 Å². The molecular formula is C14H14ClNO. The van der Waals surface area contributed by atoms with Crippen molar-refractivity contribution in [3.05, 3.63) is 48.0 Å². The van der Waals surface area contributed by atoms with Crippen molar-refractivity contribution < 1.29 is 4.79 Å². The van der Waals surface area contributed by atoms with Crippen molar-refractivity contribution in [2.45, 2.75) is 6.42 Å². The predicted octanol–water partition coefficient (Wildman–Crippen LogP) is 2.74. The SMILES string of the molecule is O=C(Cc1ccc2ccccc2c1)NCCCl. The van der Waals surface area contributed by atoms with Gasteiger partial charge in [0.15, 0.2) is 0 Å². The van der Waals surface area contributed by atoms with Gasteiger partial charge < -0.3 is 5.32 Å². The summed E-state index contributed by atoms with van der Waals surface area (Å²) >= 11 is 5.51. The minimum absolute atomic E-state index is 0.0148. The van der Waals surface area contributed by atoms with E-state index < -0.39 is 0 Å². The molecule has 0 aliphatic rings. The molecule has 0 aromatic heterocycles. The Morgan fingerprint density at radius 2 is 1.88 bits per heavy atom. The van der Waals surface area contributed by atoms with Crippen LogP contribution in [0.4, 0.5) is 0 Å². The van der Waals surface area contributed by atoms with E-state index in [-0.39, 0.29) is 5.91 Å². The summed E-state index contributed by atoms with van der Waals surface area (Å²) in [4.78, 5) is 11.5. The summed E-state index contributed by atoms with van der Waals surface area (Å²) in [7, 11) is 0. The average Bonchev–Trinajstić information content (AvgIpc) is 2.36. The van der Waals surface area contributed by atoms with Gasteiger partial charge in [0, 0.05) is 12.4 Å². The van der Waals surface area contributed by atoms with Gasteiger partial charge in [0.1, 0.15) is 0 Å². The number of amides is 1. The van der Waals surface area contributed by atoms with Gasteiger partial charge in [-0.25, -0.2) is 0 Å². The third-order valence-electron chi connectivity index (χ3n) is 2.60. The molecule has 88 valence electrons. The molecule has 2 rings (SSSR count). The lowest BCUT2D eigenvalue weighted by Gasteiger charge is -2.04. The summed E-state index contributed by atoms with van der Waals surface area (Å²) in [5, 5.41) is 5.11. The number of rotatable bonds is 4. The van der Waals surface area contributed by atoms with Crippen LogP contribution in [-0.4, -0.2) is 18.3 Å². The second-order valence-electron chi connectivity index (χ2n) is 3.90. The monoisotopic (exact) mass is 247 g/mol. The van der Waals surface area contributed by atoms with Crippen molar-refractivity contribution in [2.75, 3.05) is 12.4 Å². The van der Waals surface area contributed by atoms with E-state index in [1.807, 2.05) is 24.3 Å². The largest absolute Gasteiger partial charge is 0.355 e. The first-order valence-corrected chi connectivity index (χ1v) is 6.13. The highest BCUT2D eigenvalue weighted by atomic mass is 35.5. The quantitative estimate of drug-likeness (QED) is 0.827. The molecule has 0 aliphatic carbocycles. The third kappa shape index (κ3) is 3.21. The molecule has 0 aliphatic heterocycles.